The van der Waals surface area contributed by atoms with Crippen LogP contribution in [0.3, 0.4) is 0 Å². The van der Waals surface area contributed by atoms with Crippen molar-refractivity contribution in [2.24, 2.45) is 7.05 Å². The molecule has 1 aromatic heterocycles. The Balaban J connectivity index is 1.91. The highest BCUT2D eigenvalue weighted by atomic mass is 16.5. The third kappa shape index (κ3) is 2.34. The number of amides is 1. The van der Waals surface area contributed by atoms with Gasteiger partial charge in [-0.05, 0) is 12.1 Å². The number of hydrogen-bond donors (Lipinski definition) is 2. The Morgan fingerprint density at radius 3 is 3.05 bits per heavy atom. The van der Waals surface area contributed by atoms with Crippen LogP contribution in [0.5, 0.6) is 0 Å². The fourth-order valence-electron chi connectivity index (χ4n) is 2.62. The molecule has 3 rings (SSSR count). The van der Waals surface area contributed by atoms with Crippen LogP contribution in [0.2, 0.25) is 0 Å². The first-order chi connectivity index (χ1) is 10.1. The molecule has 2 heterocycles. The van der Waals surface area contributed by atoms with Gasteiger partial charge < -0.3 is 19.8 Å². The van der Waals surface area contributed by atoms with E-state index in [2.05, 4.69) is 10.6 Å². The van der Waals surface area contributed by atoms with Gasteiger partial charge >= 0.3 is 5.76 Å². The van der Waals surface area contributed by atoms with Gasteiger partial charge in [0.1, 0.15) is 0 Å². The predicted octanol–water partition coefficient (Wildman–Crippen LogP) is -0.152. The SMILES string of the molecule is COC1CNCC1NC(=O)c1cccc2c1oc(=O)n2C. The van der Waals surface area contributed by atoms with E-state index in [0.717, 1.165) is 0 Å². The Morgan fingerprint density at radius 1 is 1.48 bits per heavy atom. The molecule has 1 aliphatic heterocycles. The topological polar surface area (TPSA) is 85.5 Å². The molecule has 1 aromatic carbocycles. The van der Waals surface area contributed by atoms with Crippen molar-refractivity contribution in [1.82, 2.24) is 15.2 Å². The van der Waals surface area contributed by atoms with Crippen molar-refractivity contribution in [1.29, 1.82) is 0 Å². The van der Waals surface area contributed by atoms with Gasteiger partial charge in [-0.1, -0.05) is 6.07 Å². The molecule has 112 valence electrons. The van der Waals surface area contributed by atoms with Gasteiger partial charge in [0.25, 0.3) is 5.91 Å². The standard InChI is InChI=1S/C14H17N3O4/c1-17-10-5-3-4-8(12(10)21-14(17)19)13(18)16-9-6-15-7-11(9)20-2/h3-5,9,11,15H,6-7H2,1-2H3,(H,16,18). The number of aromatic nitrogens is 1. The van der Waals surface area contributed by atoms with E-state index in [1.807, 2.05) is 0 Å². The Kier molecular flexibility index (Phi) is 3.52. The number of carbonyl (C=O) groups is 1. The molecule has 2 aromatic rings. The summed E-state index contributed by atoms with van der Waals surface area (Å²) in [4.78, 5) is 24.0. The molecule has 0 bridgehead atoms. The lowest BCUT2D eigenvalue weighted by atomic mass is 10.1. The highest BCUT2D eigenvalue weighted by Crippen LogP contribution is 2.17. The van der Waals surface area contributed by atoms with Crippen LogP contribution in [0, 0.1) is 0 Å². The van der Waals surface area contributed by atoms with E-state index in [9.17, 15) is 9.59 Å². The summed E-state index contributed by atoms with van der Waals surface area (Å²) in [5.41, 5.74) is 1.26. The molecule has 0 radical (unpaired) electrons. The van der Waals surface area contributed by atoms with Crippen molar-refractivity contribution in [2.75, 3.05) is 20.2 Å². The number of ether oxygens (including phenoxy) is 1. The third-order valence-electron chi connectivity index (χ3n) is 3.84. The van der Waals surface area contributed by atoms with Crippen molar-refractivity contribution in [3.8, 4) is 0 Å². The molecular formula is C14H17N3O4. The molecule has 1 amide bonds. The first-order valence-corrected chi connectivity index (χ1v) is 6.74. The third-order valence-corrected chi connectivity index (χ3v) is 3.84. The van der Waals surface area contributed by atoms with Crippen molar-refractivity contribution in [3.05, 3.63) is 34.3 Å². The molecule has 2 unspecified atom stereocenters. The number of benzene rings is 1. The zero-order valence-electron chi connectivity index (χ0n) is 11.9. The fourth-order valence-corrected chi connectivity index (χ4v) is 2.62. The summed E-state index contributed by atoms with van der Waals surface area (Å²) < 4.78 is 11.9. The number of aryl methyl sites for hydroxylation is 1. The Bertz CT molecular complexity index is 733. The van der Waals surface area contributed by atoms with Crippen molar-refractivity contribution >= 4 is 17.0 Å². The van der Waals surface area contributed by atoms with Gasteiger partial charge in [-0.25, -0.2) is 4.79 Å². The maximum Gasteiger partial charge on any atom is 0.419 e. The number of hydrogen-bond acceptors (Lipinski definition) is 5. The fraction of sp³-hybridized carbons (Fsp3) is 0.429. The summed E-state index contributed by atoms with van der Waals surface area (Å²) in [6, 6.07) is 5.01. The molecule has 7 heteroatoms. The molecule has 21 heavy (non-hydrogen) atoms. The summed E-state index contributed by atoms with van der Waals surface area (Å²) in [7, 11) is 3.23. The van der Waals surface area contributed by atoms with Crippen molar-refractivity contribution in [2.45, 2.75) is 12.1 Å². The van der Waals surface area contributed by atoms with Crippen LogP contribution in [-0.4, -0.2) is 42.8 Å². The van der Waals surface area contributed by atoms with Gasteiger partial charge in [0, 0.05) is 27.2 Å². The average molecular weight is 291 g/mol. The molecule has 1 saturated heterocycles. The number of fused-ring (bicyclic) bond motifs is 1. The minimum atomic E-state index is -0.484. The number of methoxy groups -OCH3 is 1. The van der Waals surface area contributed by atoms with E-state index >= 15 is 0 Å². The molecule has 0 aliphatic carbocycles. The molecule has 1 aliphatic rings. The quantitative estimate of drug-likeness (QED) is 0.821. The summed E-state index contributed by atoms with van der Waals surface area (Å²) in [6.45, 7) is 1.35. The summed E-state index contributed by atoms with van der Waals surface area (Å²) in [5.74, 6) is -0.756. The van der Waals surface area contributed by atoms with Gasteiger partial charge in [-0.3, -0.25) is 9.36 Å². The number of rotatable bonds is 3. The van der Waals surface area contributed by atoms with E-state index in [0.29, 0.717) is 29.8 Å². The van der Waals surface area contributed by atoms with Crippen molar-refractivity contribution in [3.63, 3.8) is 0 Å². The summed E-state index contributed by atoms with van der Waals surface area (Å²) in [6.07, 6.45) is -0.0593. The Labute approximate surface area is 120 Å². The Morgan fingerprint density at radius 2 is 2.29 bits per heavy atom. The lowest BCUT2D eigenvalue weighted by Crippen LogP contribution is -2.43. The highest BCUT2D eigenvalue weighted by molar-refractivity contribution is 6.04. The molecule has 7 nitrogen and oxygen atoms in total. The van der Waals surface area contributed by atoms with E-state index in [-0.39, 0.29) is 18.1 Å². The first kappa shape index (κ1) is 13.8. The molecule has 1 fully saturated rings. The molecule has 0 saturated carbocycles. The molecule has 2 atom stereocenters. The summed E-state index contributed by atoms with van der Waals surface area (Å²) >= 11 is 0. The minimum Gasteiger partial charge on any atom is -0.407 e. The van der Waals surface area contributed by atoms with Crippen LogP contribution >= 0.6 is 0 Å². The Hall–Kier alpha value is -2.12. The largest absolute Gasteiger partial charge is 0.419 e. The second kappa shape index (κ2) is 5.34. The van der Waals surface area contributed by atoms with Crippen molar-refractivity contribution < 1.29 is 13.9 Å². The van der Waals surface area contributed by atoms with Crippen LogP contribution in [0.25, 0.3) is 11.1 Å². The average Bonchev–Trinajstić information content (AvgIpc) is 3.04. The van der Waals surface area contributed by atoms with E-state index < -0.39 is 5.76 Å². The van der Waals surface area contributed by atoms with Gasteiger partial charge in [0.2, 0.25) is 0 Å². The number of nitrogens with zero attached hydrogens (tertiary/aromatic N) is 1. The minimum absolute atomic E-state index is 0.0593. The maximum atomic E-state index is 12.4. The smallest absolute Gasteiger partial charge is 0.407 e. The van der Waals surface area contributed by atoms with Crippen LogP contribution in [-0.2, 0) is 11.8 Å². The highest BCUT2D eigenvalue weighted by Gasteiger charge is 2.29. The van der Waals surface area contributed by atoms with Crippen LogP contribution in [0.15, 0.2) is 27.4 Å². The summed E-state index contributed by atoms with van der Waals surface area (Å²) in [5, 5.41) is 6.08. The van der Waals surface area contributed by atoms with Gasteiger partial charge in [0.15, 0.2) is 5.58 Å². The van der Waals surface area contributed by atoms with Crippen LogP contribution in [0.4, 0.5) is 0 Å². The first-order valence-electron chi connectivity index (χ1n) is 6.74. The second-order valence-corrected chi connectivity index (χ2v) is 5.09. The van der Waals surface area contributed by atoms with Gasteiger partial charge in [-0.2, -0.15) is 0 Å². The zero-order valence-corrected chi connectivity index (χ0v) is 11.9. The lowest BCUT2D eigenvalue weighted by molar-refractivity contribution is 0.0780. The maximum absolute atomic E-state index is 12.4. The number of para-hydroxylation sites is 1. The van der Waals surface area contributed by atoms with E-state index in [1.165, 1.54) is 4.57 Å². The number of carbonyl (C=O) groups excluding carboxylic acids is 1. The van der Waals surface area contributed by atoms with Gasteiger partial charge in [0.05, 0.1) is 23.2 Å². The lowest BCUT2D eigenvalue weighted by Gasteiger charge is -2.18. The monoisotopic (exact) mass is 291 g/mol. The van der Waals surface area contributed by atoms with Crippen LogP contribution < -0.4 is 16.4 Å². The van der Waals surface area contributed by atoms with E-state index in [4.69, 9.17) is 9.15 Å². The predicted molar refractivity (Wildman–Crippen MR) is 76.4 cm³/mol. The zero-order chi connectivity index (χ0) is 15.0. The normalized spacial score (nSPS) is 21.8. The molecule has 0 spiro atoms. The second-order valence-electron chi connectivity index (χ2n) is 5.09. The van der Waals surface area contributed by atoms with Crippen LogP contribution in [0.1, 0.15) is 10.4 Å². The molecule has 2 N–H and O–H groups in total. The van der Waals surface area contributed by atoms with Gasteiger partial charge in [-0.15, -0.1) is 0 Å². The number of oxazole rings is 1. The number of nitrogens with one attached hydrogen (secondary N) is 2. The van der Waals surface area contributed by atoms with E-state index in [1.54, 1.807) is 32.4 Å². The molecular weight excluding hydrogens is 274 g/mol.